The summed E-state index contributed by atoms with van der Waals surface area (Å²) in [6.07, 6.45) is 4.68. The molecule has 0 atom stereocenters. The fourth-order valence-electron chi connectivity index (χ4n) is 4.58. The standard InChI is InChI=1S/C25H30N2O/c1-18-11-12-24-23(17-18)22(19(2)26-24)9-6-10-25(28)27-15-13-21(14-16-27)20-7-4-3-5-8-20/h3-5,7-8,11-12,17,21,26H,6,9-10,13-16H2,1-2H3. The summed E-state index contributed by atoms with van der Waals surface area (Å²) in [7, 11) is 0. The van der Waals surface area contributed by atoms with E-state index in [1.54, 1.807) is 0 Å². The van der Waals surface area contributed by atoms with Gasteiger partial charge >= 0.3 is 0 Å². The summed E-state index contributed by atoms with van der Waals surface area (Å²) in [4.78, 5) is 18.2. The first-order chi connectivity index (χ1) is 13.6. The SMILES string of the molecule is Cc1ccc2[nH]c(C)c(CCCC(=O)N3CCC(c4ccccc4)CC3)c2c1. The van der Waals surface area contributed by atoms with Crippen LogP contribution in [0.4, 0.5) is 0 Å². The van der Waals surface area contributed by atoms with E-state index in [-0.39, 0.29) is 0 Å². The van der Waals surface area contributed by atoms with Crippen molar-refractivity contribution in [3.05, 3.63) is 70.9 Å². The van der Waals surface area contributed by atoms with E-state index in [0.717, 1.165) is 38.8 Å². The number of fused-ring (bicyclic) bond motifs is 1. The fraction of sp³-hybridized carbons (Fsp3) is 0.400. The molecule has 2 aromatic carbocycles. The summed E-state index contributed by atoms with van der Waals surface area (Å²) in [6.45, 7) is 6.06. The number of carbonyl (C=O) groups is 1. The zero-order chi connectivity index (χ0) is 19.5. The molecule has 0 spiro atoms. The minimum Gasteiger partial charge on any atom is -0.358 e. The minimum absolute atomic E-state index is 0.320. The second-order valence-electron chi connectivity index (χ2n) is 8.20. The molecule has 1 fully saturated rings. The molecule has 0 bridgehead atoms. The Bertz CT molecular complexity index is 949. The number of likely N-dealkylation sites (tertiary alicyclic amines) is 1. The third-order valence-corrected chi connectivity index (χ3v) is 6.21. The first-order valence-corrected chi connectivity index (χ1v) is 10.5. The van der Waals surface area contributed by atoms with Gasteiger partial charge in [0.05, 0.1) is 0 Å². The summed E-state index contributed by atoms with van der Waals surface area (Å²) in [6, 6.07) is 17.3. The summed E-state index contributed by atoms with van der Waals surface area (Å²) >= 11 is 0. The second kappa shape index (κ2) is 8.22. The van der Waals surface area contributed by atoms with Crippen LogP contribution < -0.4 is 0 Å². The van der Waals surface area contributed by atoms with Crippen LogP contribution >= 0.6 is 0 Å². The molecule has 0 unspecified atom stereocenters. The molecule has 0 radical (unpaired) electrons. The average molecular weight is 375 g/mol. The van der Waals surface area contributed by atoms with Gasteiger partial charge in [0, 0.05) is 36.1 Å². The maximum absolute atomic E-state index is 12.7. The second-order valence-corrected chi connectivity index (χ2v) is 8.20. The van der Waals surface area contributed by atoms with Gasteiger partial charge in [-0.15, -0.1) is 0 Å². The number of piperidine rings is 1. The summed E-state index contributed by atoms with van der Waals surface area (Å²) in [5.41, 5.74) is 6.50. The molecule has 2 heterocycles. The predicted octanol–water partition coefficient (Wildman–Crippen LogP) is 5.51. The van der Waals surface area contributed by atoms with E-state index < -0.39 is 0 Å². The number of H-pyrrole nitrogens is 1. The number of hydrogen-bond acceptors (Lipinski definition) is 1. The van der Waals surface area contributed by atoms with Crippen molar-refractivity contribution in [1.29, 1.82) is 0 Å². The lowest BCUT2D eigenvalue weighted by atomic mass is 9.89. The Labute approximate surface area is 167 Å². The predicted molar refractivity (Wildman–Crippen MR) is 116 cm³/mol. The van der Waals surface area contributed by atoms with Crippen LogP contribution in [-0.2, 0) is 11.2 Å². The van der Waals surface area contributed by atoms with E-state index in [1.165, 1.54) is 33.3 Å². The quantitative estimate of drug-likeness (QED) is 0.628. The number of aromatic amines is 1. The molecule has 3 aromatic rings. The Hall–Kier alpha value is -2.55. The molecular weight excluding hydrogens is 344 g/mol. The van der Waals surface area contributed by atoms with Crippen molar-refractivity contribution in [2.24, 2.45) is 0 Å². The van der Waals surface area contributed by atoms with Gasteiger partial charge in [0.25, 0.3) is 0 Å². The molecule has 1 aromatic heterocycles. The first kappa shape index (κ1) is 18.8. The van der Waals surface area contributed by atoms with Crippen LogP contribution in [0.3, 0.4) is 0 Å². The van der Waals surface area contributed by atoms with E-state index >= 15 is 0 Å². The van der Waals surface area contributed by atoms with E-state index in [9.17, 15) is 4.79 Å². The molecule has 28 heavy (non-hydrogen) atoms. The van der Waals surface area contributed by atoms with Crippen LogP contribution in [0.15, 0.2) is 48.5 Å². The highest BCUT2D eigenvalue weighted by Gasteiger charge is 2.23. The molecule has 1 aliphatic heterocycles. The number of rotatable bonds is 5. The molecule has 0 saturated carbocycles. The number of carbonyl (C=O) groups excluding carboxylic acids is 1. The van der Waals surface area contributed by atoms with Gasteiger partial charge in [0.15, 0.2) is 0 Å². The highest BCUT2D eigenvalue weighted by Crippen LogP contribution is 2.29. The number of benzene rings is 2. The Morgan fingerprint density at radius 3 is 2.57 bits per heavy atom. The van der Waals surface area contributed by atoms with Gasteiger partial charge in [-0.3, -0.25) is 4.79 Å². The molecule has 0 aliphatic carbocycles. The van der Waals surface area contributed by atoms with Crippen molar-refractivity contribution in [2.45, 2.75) is 51.9 Å². The lowest BCUT2D eigenvalue weighted by Crippen LogP contribution is -2.37. The molecule has 3 nitrogen and oxygen atoms in total. The zero-order valence-corrected chi connectivity index (χ0v) is 17.0. The van der Waals surface area contributed by atoms with Crippen molar-refractivity contribution in [3.63, 3.8) is 0 Å². The summed E-state index contributed by atoms with van der Waals surface area (Å²) in [5, 5.41) is 1.31. The van der Waals surface area contributed by atoms with E-state index in [2.05, 4.69) is 72.3 Å². The first-order valence-electron chi connectivity index (χ1n) is 10.5. The van der Waals surface area contributed by atoms with E-state index in [0.29, 0.717) is 18.2 Å². The molecule has 1 aliphatic rings. The van der Waals surface area contributed by atoms with Gasteiger partial charge in [0.1, 0.15) is 0 Å². The Morgan fingerprint density at radius 2 is 1.82 bits per heavy atom. The van der Waals surface area contributed by atoms with Crippen molar-refractivity contribution < 1.29 is 4.79 Å². The van der Waals surface area contributed by atoms with Crippen molar-refractivity contribution in [2.75, 3.05) is 13.1 Å². The van der Waals surface area contributed by atoms with Gasteiger partial charge in [-0.05, 0) is 68.7 Å². The van der Waals surface area contributed by atoms with Gasteiger partial charge in [0.2, 0.25) is 5.91 Å². The molecule has 3 heteroatoms. The Kier molecular flexibility index (Phi) is 5.52. The van der Waals surface area contributed by atoms with Crippen LogP contribution in [0.25, 0.3) is 10.9 Å². The lowest BCUT2D eigenvalue weighted by Gasteiger charge is -2.32. The third-order valence-electron chi connectivity index (χ3n) is 6.21. The summed E-state index contributed by atoms with van der Waals surface area (Å²) in [5.74, 6) is 0.919. The highest BCUT2D eigenvalue weighted by atomic mass is 16.2. The van der Waals surface area contributed by atoms with Crippen LogP contribution in [0.5, 0.6) is 0 Å². The number of nitrogens with zero attached hydrogens (tertiary/aromatic N) is 1. The number of nitrogens with one attached hydrogen (secondary N) is 1. The number of amides is 1. The van der Waals surface area contributed by atoms with Gasteiger partial charge in [-0.25, -0.2) is 0 Å². The maximum Gasteiger partial charge on any atom is 0.222 e. The van der Waals surface area contributed by atoms with E-state index in [4.69, 9.17) is 0 Å². The van der Waals surface area contributed by atoms with E-state index in [1.807, 2.05) is 0 Å². The normalized spacial score (nSPS) is 15.3. The molecule has 146 valence electrons. The lowest BCUT2D eigenvalue weighted by molar-refractivity contribution is -0.132. The molecule has 1 N–H and O–H groups in total. The molecular formula is C25H30N2O. The topological polar surface area (TPSA) is 36.1 Å². The molecule has 1 amide bonds. The number of aromatic nitrogens is 1. The Morgan fingerprint density at radius 1 is 1.07 bits per heavy atom. The fourth-order valence-corrected chi connectivity index (χ4v) is 4.58. The largest absolute Gasteiger partial charge is 0.358 e. The molecule has 4 rings (SSSR count). The van der Waals surface area contributed by atoms with Gasteiger partial charge < -0.3 is 9.88 Å². The van der Waals surface area contributed by atoms with Crippen LogP contribution in [0, 0.1) is 13.8 Å². The number of hydrogen-bond donors (Lipinski definition) is 1. The third kappa shape index (κ3) is 3.99. The minimum atomic E-state index is 0.320. The average Bonchev–Trinajstić information content (AvgIpc) is 3.03. The number of aryl methyl sites for hydroxylation is 3. The molecule has 1 saturated heterocycles. The smallest absolute Gasteiger partial charge is 0.222 e. The van der Waals surface area contributed by atoms with Crippen LogP contribution in [0.2, 0.25) is 0 Å². The maximum atomic E-state index is 12.7. The van der Waals surface area contributed by atoms with Crippen LogP contribution in [-0.4, -0.2) is 28.9 Å². The highest BCUT2D eigenvalue weighted by molar-refractivity contribution is 5.85. The van der Waals surface area contributed by atoms with Gasteiger partial charge in [-0.2, -0.15) is 0 Å². The van der Waals surface area contributed by atoms with Crippen molar-refractivity contribution in [3.8, 4) is 0 Å². The Balaban J connectivity index is 1.30. The van der Waals surface area contributed by atoms with Gasteiger partial charge in [-0.1, -0.05) is 42.0 Å². The van der Waals surface area contributed by atoms with Crippen molar-refractivity contribution in [1.82, 2.24) is 9.88 Å². The summed E-state index contributed by atoms with van der Waals surface area (Å²) < 4.78 is 0. The monoisotopic (exact) mass is 374 g/mol. The van der Waals surface area contributed by atoms with Crippen LogP contribution in [0.1, 0.15) is 54.0 Å². The van der Waals surface area contributed by atoms with Crippen molar-refractivity contribution >= 4 is 16.8 Å². The zero-order valence-electron chi connectivity index (χ0n) is 17.0.